The molecule has 5 rings (SSSR count). The summed E-state index contributed by atoms with van der Waals surface area (Å²) >= 11 is 0. The highest BCUT2D eigenvalue weighted by Gasteiger charge is 2.46. The molecule has 2 N–H and O–H groups in total. The quantitative estimate of drug-likeness (QED) is 0.519. The number of amides is 2. The first-order chi connectivity index (χ1) is 19.7. The predicted octanol–water partition coefficient (Wildman–Crippen LogP) is 3.14. The molecule has 228 valence electrons. The van der Waals surface area contributed by atoms with E-state index in [1.54, 1.807) is 13.0 Å². The van der Waals surface area contributed by atoms with E-state index in [1.807, 2.05) is 11.8 Å². The molecule has 1 atom stereocenters. The molecule has 10 nitrogen and oxygen atoms in total. The molecule has 1 aromatic heterocycles. The average molecular weight is 597 g/mol. The Morgan fingerprint density at radius 1 is 1.14 bits per heavy atom. The van der Waals surface area contributed by atoms with Crippen molar-refractivity contribution >= 4 is 17.8 Å². The Labute approximate surface area is 238 Å². The van der Waals surface area contributed by atoms with Crippen molar-refractivity contribution in [2.45, 2.75) is 70.2 Å². The standard InChI is InChI=1S/C26H31FN4O4.C2HF3O2/c1-16-17(2)24(33)29-28-22(16)12-18-5-6-21(27)20(11-18)25(34)30-9-10-31(23(32)14-30)19-13-26(35-15-19)7-3-4-8-26;3-2(4,5)1(6)7/h5-6,11,19H,3-4,7-10,12-15H2,1-2H3,(H,29,33);(H,6,7). The number of carbonyl (C=O) groups excluding carboxylic acids is 2. The molecule has 1 aromatic carbocycles. The summed E-state index contributed by atoms with van der Waals surface area (Å²) in [5.74, 6) is -3.99. The fourth-order valence-electron chi connectivity index (χ4n) is 5.69. The summed E-state index contributed by atoms with van der Waals surface area (Å²) in [6.07, 6.45) is 0.579. The van der Waals surface area contributed by atoms with Gasteiger partial charge in [0, 0.05) is 25.1 Å². The molecule has 14 heteroatoms. The third-order valence-electron chi connectivity index (χ3n) is 8.19. The van der Waals surface area contributed by atoms with Crippen LogP contribution in [0.3, 0.4) is 0 Å². The second-order valence-electron chi connectivity index (χ2n) is 10.9. The molecular weight excluding hydrogens is 564 g/mol. The molecule has 1 aliphatic carbocycles. The number of piperazine rings is 1. The number of halogens is 4. The molecule has 0 bridgehead atoms. The zero-order valence-electron chi connectivity index (χ0n) is 23.2. The van der Waals surface area contributed by atoms with Crippen LogP contribution in [0.5, 0.6) is 0 Å². The summed E-state index contributed by atoms with van der Waals surface area (Å²) in [5.41, 5.74) is 2.34. The summed E-state index contributed by atoms with van der Waals surface area (Å²) in [7, 11) is 0. The van der Waals surface area contributed by atoms with Gasteiger partial charge in [-0.15, -0.1) is 0 Å². The zero-order chi connectivity index (χ0) is 30.8. The lowest BCUT2D eigenvalue weighted by molar-refractivity contribution is -0.192. The Morgan fingerprint density at radius 2 is 1.81 bits per heavy atom. The van der Waals surface area contributed by atoms with Crippen LogP contribution in [0.2, 0.25) is 0 Å². The van der Waals surface area contributed by atoms with Gasteiger partial charge in [0.05, 0.1) is 29.5 Å². The van der Waals surface area contributed by atoms with Gasteiger partial charge in [0.25, 0.3) is 11.5 Å². The fourth-order valence-corrected chi connectivity index (χ4v) is 5.69. The van der Waals surface area contributed by atoms with Gasteiger partial charge in [-0.25, -0.2) is 14.3 Å². The first kappa shape index (κ1) is 31.1. The van der Waals surface area contributed by atoms with Crippen LogP contribution < -0.4 is 5.56 Å². The Balaban J connectivity index is 0.000000517. The van der Waals surface area contributed by atoms with Crippen LogP contribution in [0.1, 0.15) is 64.8 Å². The molecule has 1 saturated carbocycles. The molecule has 2 aromatic rings. The molecular formula is C28H32F4N4O6. The van der Waals surface area contributed by atoms with Gasteiger partial charge in [-0.2, -0.15) is 18.3 Å². The summed E-state index contributed by atoms with van der Waals surface area (Å²) in [5, 5.41) is 13.7. The summed E-state index contributed by atoms with van der Waals surface area (Å²) < 4.78 is 52.5. The van der Waals surface area contributed by atoms with E-state index in [-0.39, 0.29) is 35.2 Å². The Hall–Kier alpha value is -3.81. The largest absolute Gasteiger partial charge is 0.490 e. The number of alkyl halides is 3. The van der Waals surface area contributed by atoms with Gasteiger partial charge in [-0.3, -0.25) is 14.4 Å². The van der Waals surface area contributed by atoms with E-state index in [9.17, 15) is 31.9 Å². The van der Waals surface area contributed by atoms with E-state index in [1.165, 1.54) is 29.9 Å². The molecule has 42 heavy (non-hydrogen) atoms. The normalized spacial score (nSPS) is 20.0. The van der Waals surface area contributed by atoms with Crippen LogP contribution in [0, 0.1) is 19.7 Å². The molecule has 1 unspecified atom stereocenters. The van der Waals surface area contributed by atoms with Crippen molar-refractivity contribution in [3.05, 3.63) is 62.3 Å². The van der Waals surface area contributed by atoms with Crippen LogP contribution in [-0.4, -0.2) is 86.9 Å². The van der Waals surface area contributed by atoms with E-state index in [2.05, 4.69) is 10.2 Å². The van der Waals surface area contributed by atoms with Crippen LogP contribution in [0.15, 0.2) is 23.0 Å². The highest BCUT2D eigenvalue weighted by molar-refractivity contribution is 5.97. The number of H-pyrrole nitrogens is 1. The van der Waals surface area contributed by atoms with Gasteiger partial charge in [-0.1, -0.05) is 18.9 Å². The van der Waals surface area contributed by atoms with E-state index >= 15 is 0 Å². The van der Waals surface area contributed by atoms with Crippen molar-refractivity contribution in [1.29, 1.82) is 0 Å². The van der Waals surface area contributed by atoms with E-state index in [0.29, 0.717) is 42.9 Å². The third-order valence-corrected chi connectivity index (χ3v) is 8.19. The van der Waals surface area contributed by atoms with Gasteiger partial charge in [0.2, 0.25) is 5.91 Å². The van der Waals surface area contributed by atoms with Gasteiger partial charge in [0.15, 0.2) is 0 Å². The second kappa shape index (κ2) is 12.2. The number of ether oxygens (including phenoxy) is 1. The van der Waals surface area contributed by atoms with Gasteiger partial charge in [0.1, 0.15) is 12.4 Å². The third kappa shape index (κ3) is 6.80. The van der Waals surface area contributed by atoms with Gasteiger partial charge >= 0.3 is 12.1 Å². The maximum atomic E-state index is 14.7. The number of hydrogen-bond donors (Lipinski definition) is 2. The number of aromatic amines is 1. The van der Waals surface area contributed by atoms with Gasteiger partial charge in [-0.05, 0) is 56.4 Å². The monoisotopic (exact) mass is 596 g/mol. The minimum absolute atomic E-state index is 0.0504. The lowest BCUT2D eigenvalue weighted by Gasteiger charge is -2.37. The van der Waals surface area contributed by atoms with Crippen molar-refractivity contribution in [3.8, 4) is 0 Å². The molecule has 2 aliphatic heterocycles. The number of hydrogen-bond acceptors (Lipinski definition) is 6. The first-order valence-electron chi connectivity index (χ1n) is 13.6. The summed E-state index contributed by atoms with van der Waals surface area (Å²) in [4.78, 5) is 50.1. The minimum Gasteiger partial charge on any atom is -0.475 e. The van der Waals surface area contributed by atoms with Crippen molar-refractivity contribution in [1.82, 2.24) is 20.0 Å². The highest BCUT2D eigenvalue weighted by Crippen LogP contribution is 2.42. The number of benzene rings is 1. The number of aromatic nitrogens is 2. The predicted molar refractivity (Wildman–Crippen MR) is 140 cm³/mol. The van der Waals surface area contributed by atoms with E-state index < -0.39 is 23.9 Å². The maximum Gasteiger partial charge on any atom is 0.490 e. The molecule has 2 amide bonds. The highest BCUT2D eigenvalue weighted by atomic mass is 19.4. The van der Waals surface area contributed by atoms with Crippen LogP contribution >= 0.6 is 0 Å². The van der Waals surface area contributed by atoms with Crippen molar-refractivity contribution in [2.24, 2.45) is 0 Å². The lowest BCUT2D eigenvalue weighted by Crippen LogP contribution is -2.55. The summed E-state index contributed by atoms with van der Waals surface area (Å²) in [6.45, 7) is 4.81. The SMILES string of the molecule is Cc1c(Cc2ccc(F)c(C(=O)N3CCN(C4COC5(CCCC5)C4)C(=O)C3)c2)n[nH]c(=O)c1C.O=C(O)C(F)(F)F. The number of carbonyl (C=O) groups is 3. The maximum absolute atomic E-state index is 14.7. The van der Waals surface area contributed by atoms with Crippen molar-refractivity contribution < 1.29 is 41.8 Å². The molecule has 3 heterocycles. The molecule has 3 aliphatic rings. The van der Waals surface area contributed by atoms with Gasteiger partial charge < -0.3 is 19.6 Å². The number of nitrogens with one attached hydrogen (secondary N) is 1. The Bertz CT molecular complexity index is 1420. The number of nitrogens with zero attached hydrogens (tertiary/aromatic N) is 3. The smallest absolute Gasteiger partial charge is 0.475 e. The van der Waals surface area contributed by atoms with Crippen LogP contribution in [-0.2, 0) is 20.7 Å². The molecule has 0 radical (unpaired) electrons. The van der Waals surface area contributed by atoms with Crippen molar-refractivity contribution in [3.63, 3.8) is 0 Å². The zero-order valence-corrected chi connectivity index (χ0v) is 23.2. The number of carboxylic acid groups (broad SMARTS) is 1. The topological polar surface area (TPSA) is 133 Å². The second-order valence-corrected chi connectivity index (χ2v) is 10.9. The van der Waals surface area contributed by atoms with E-state index in [4.69, 9.17) is 14.6 Å². The Morgan fingerprint density at radius 3 is 2.43 bits per heavy atom. The average Bonchev–Trinajstić information content (AvgIpc) is 3.58. The number of aliphatic carboxylic acids is 1. The number of rotatable bonds is 4. The van der Waals surface area contributed by atoms with Crippen LogP contribution in [0.4, 0.5) is 17.6 Å². The van der Waals surface area contributed by atoms with E-state index in [0.717, 1.165) is 24.8 Å². The lowest BCUT2D eigenvalue weighted by atomic mass is 9.95. The summed E-state index contributed by atoms with van der Waals surface area (Å²) in [6, 6.07) is 4.45. The van der Waals surface area contributed by atoms with Crippen LogP contribution in [0.25, 0.3) is 0 Å². The number of carboxylic acids is 1. The fraction of sp³-hybridized carbons (Fsp3) is 0.536. The minimum atomic E-state index is -5.08. The first-order valence-corrected chi connectivity index (χ1v) is 13.6. The molecule has 2 saturated heterocycles. The Kier molecular flexibility index (Phi) is 9.04. The van der Waals surface area contributed by atoms with Crippen molar-refractivity contribution in [2.75, 3.05) is 26.2 Å². The molecule has 1 spiro atoms. The molecule has 3 fully saturated rings.